The van der Waals surface area contributed by atoms with E-state index in [1.54, 1.807) is 0 Å². The summed E-state index contributed by atoms with van der Waals surface area (Å²) in [6, 6.07) is 20.9. The SMILES string of the molecule is CC1CN(C)C(c2ccccc2)CC1(O)c1ccccc1. The van der Waals surface area contributed by atoms with Gasteiger partial charge in [-0.3, -0.25) is 4.90 Å². The van der Waals surface area contributed by atoms with Gasteiger partial charge in [-0.25, -0.2) is 0 Å². The highest BCUT2D eigenvalue weighted by molar-refractivity contribution is 5.27. The Balaban J connectivity index is 1.96. The van der Waals surface area contributed by atoms with E-state index < -0.39 is 5.60 Å². The molecule has 0 saturated carbocycles. The first-order valence-corrected chi connectivity index (χ1v) is 7.64. The largest absolute Gasteiger partial charge is 0.385 e. The van der Waals surface area contributed by atoms with Crippen molar-refractivity contribution in [2.45, 2.75) is 25.0 Å². The van der Waals surface area contributed by atoms with E-state index in [2.05, 4.69) is 43.1 Å². The Kier molecular flexibility index (Phi) is 3.83. The maximum atomic E-state index is 11.3. The van der Waals surface area contributed by atoms with Gasteiger partial charge in [0.2, 0.25) is 0 Å². The quantitative estimate of drug-likeness (QED) is 0.909. The number of aliphatic hydroxyl groups is 1. The molecule has 1 fully saturated rings. The molecule has 3 rings (SSSR count). The Labute approximate surface area is 127 Å². The first-order valence-electron chi connectivity index (χ1n) is 7.64. The van der Waals surface area contributed by atoms with Crippen molar-refractivity contribution >= 4 is 0 Å². The first-order chi connectivity index (χ1) is 10.1. The molecule has 1 aliphatic rings. The highest BCUT2D eigenvalue weighted by atomic mass is 16.3. The van der Waals surface area contributed by atoms with Gasteiger partial charge in [-0.1, -0.05) is 67.6 Å². The molecule has 3 unspecified atom stereocenters. The molecule has 0 aliphatic carbocycles. The maximum absolute atomic E-state index is 11.3. The number of hydrogen-bond acceptors (Lipinski definition) is 2. The molecule has 0 bridgehead atoms. The average molecular weight is 281 g/mol. The number of likely N-dealkylation sites (tertiary alicyclic amines) is 1. The Morgan fingerprint density at radius 1 is 1.00 bits per heavy atom. The molecule has 1 N–H and O–H groups in total. The van der Waals surface area contributed by atoms with Crippen molar-refractivity contribution in [3.8, 4) is 0 Å². The minimum absolute atomic E-state index is 0.213. The summed E-state index contributed by atoms with van der Waals surface area (Å²) in [5.41, 5.74) is 1.56. The van der Waals surface area contributed by atoms with Gasteiger partial charge in [0.25, 0.3) is 0 Å². The Morgan fingerprint density at radius 3 is 2.19 bits per heavy atom. The van der Waals surface area contributed by atoms with Crippen LogP contribution in [0.5, 0.6) is 0 Å². The molecule has 2 aromatic carbocycles. The molecule has 0 spiro atoms. The minimum Gasteiger partial charge on any atom is -0.385 e. The molecular weight excluding hydrogens is 258 g/mol. The molecule has 1 heterocycles. The molecule has 1 saturated heterocycles. The van der Waals surface area contributed by atoms with Gasteiger partial charge in [-0.05, 0) is 18.2 Å². The van der Waals surface area contributed by atoms with Crippen molar-refractivity contribution < 1.29 is 5.11 Å². The monoisotopic (exact) mass is 281 g/mol. The van der Waals surface area contributed by atoms with Gasteiger partial charge in [0, 0.05) is 24.9 Å². The van der Waals surface area contributed by atoms with Crippen LogP contribution in [0.3, 0.4) is 0 Å². The fourth-order valence-corrected chi connectivity index (χ4v) is 3.54. The van der Waals surface area contributed by atoms with Crippen LogP contribution in [0.25, 0.3) is 0 Å². The van der Waals surface area contributed by atoms with Crippen molar-refractivity contribution in [2.24, 2.45) is 5.92 Å². The fourth-order valence-electron chi connectivity index (χ4n) is 3.54. The van der Waals surface area contributed by atoms with Crippen LogP contribution in [0.1, 0.15) is 30.5 Å². The number of nitrogens with zero attached hydrogens (tertiary/aromatic N) is 1. The van der Waals surface area contributed by atoms with Crippen LogP contribution in [0.2, 0.25) is 0 Å². The molecule has 0 radical (unpaired) electrons. The fraction of sp³-hybridized carbons (Fsp3) is 0.368. The third-order valence-electron chi connectivity index (χ3n) is 4.87. The highest BCUT2D eigenvalue weighted by Crippen LogP contribution is 2.44. The van der Waals surface area contributed by atoms with E-state index >= 15 is 0 Å². The number of hydrogen-bond donors (Lipinski definition) is 1. The molecule has 3 atom stereocenters. The Hall–Kier alpha value is -1.64. The van der Waals surface area contributed by atoms with E-state index in [-0.39, 0.29) is 12.0 Å². The lowest BCUT2D eigenvalue weighted by molar-refractivity contribution is -0.0889. The topological polar surface area (TPSA) is 23.5 Å². The summed E-state index contributed by atoms with van der Waals surface area (Å²) in [5.74, 6) is 0.213. The Bertz CT molecular complexity index is 583. The number of piperidine rings is 1. The third kappa shape index (κ3) is 2.61. The van der Waals surface area contributed by atoms with Crippen LogP contribution < -0.4 is 0 Å². The normalized spacial score (nSPS) is 30.2. The van der Waals surface area contributed by atoms with Gasteiger partial charge in [-0.2, -0.15) is 0 Å². The highest BCUT2D eigenvalue weighted by Gasteiger charge is 2.43. The summed E-state index contributed by atoms with van der Waals surface area (Å²) < 4.78 is 0. The summed E-state index contributed by atoms with van der Waals surface area (Å²) in [5, 5.41) is 11.3. The molecule has 2 nitrogen and oxygen atoms in total. The zero-order valence-corrected chi connectivity index (χ0v) is 12.7. The zero-order chi connectivity index (χ0) is 14.9. The smallest absolute Gasteiger partial charge is 0.0952 e. The number of rotatable bonds is 2. The van der Waals surface area contributed by atoms with E-state index in [4.69, 9.17) is 0 Å². The van der Waals surface area contributed by atoms with Gasteiger partial charge < -0.3 is 5.11 Å². The van der Waals surface area contributed by atoms with Gasteiger partial charge in [0.1, 0.15) is 0 Å². The molecule has 0 amide bonds. The van der Waals surface area contributed by atoms with E-state index in [1.807, 2.05) is 36.4 Å². The molecular formula is C19H23NO. The Morgan fingerprint density at radius 2 is 1.57 bits per heavy atom. The van der Waals surface area contributed by atoms with Crippen LogP contribution in [0, 0.1) is 5.92 Å². The summed E-state index contributed by atoms with van der Waals surface area (Å²) >= 11 is 0. The van der Waals surface area contributed by atoms with Gasteiger partial charge in [-0.15, -0.1) is 0 Å². The van der Waals surface area contributed by atoms with E-state index in [9.17, 15) is 5.11 Å². The molecule has 110 valence electrons. The third-order valence-corrected chi connectivity index (χ3v) is 4.87. The molecule has 2 aromatic rings. The van der Waals surface area contributed by atoms with Crippen molar-refractivity contribution in [3.05, 3.63) is 71.8 Å². The number of benzene rings is 2. The predicted octanol–water partition coefficient (Wildman–Crippen LogP) is 3.59. The second kappa shape index (κ2) is 5.63. The van der Waals surface area contributed by atoms with E-state index in [0.29, 0.717) is 0 Å². The van der Waals surface area contributed by atoms with Gasteiger partial charge >= 0.3 is 0 Å². The van der Waals surface area contributed by atoms with Crippen molar-refractivity contribution in [3.63, 3.8) is 0 Å². The average Bonchev–Trinajstić information content (AvgIpc) is 2.53. The lowest BCUT2D eigenvalue weighted by Crippen LogP contribution is -2.49. The summed E-state index contributed by atoms with van der Waals surface area (Å²) in [4.78, 5) is 2.36. The minimum atomic E-state index is -0.756. The standard InChI is InChI=1S/C19H23NO/c1-15-14-20(2)18(16-9-5-3-6-10-16)13-19(15,21)17-11-7-4-8-12-17/h3-12,15,18,21H,13-14H2,1-2H3. The second-order valence-electron chi connectivity index (χ2n) is 6.26. The van der Waals surface area contributed by atoms with Crippen LogP contribution in [0.4, 0.5) is 0 Å². The first kappa shape index (κ1) is 14.3. The molecule has 21 heavy (non-hydrogen) atoms. The van der Waals surface area contributed by atoms with Crippen molar-refractivity contribution in [1.29, 1.82) is 0 Å². The lowest BCUT2D eigenvalue weighted by atomic mass is 9.73. The van der Waals surface area contributed by atoms with E-state index in [1.165, 1.54) is 5.56 Å². The van der Waals surface area contributed by atoms with Gasteiger partial charge in [0.15, 0.2) is 0 Å². The lowest BCUT2D eigenvalue weighted by Gasteiger charge is -2.47. The van der Waals surface area contributed by atoms with Gasteiger partial charge in [0.05, 0.1) is 5.60 Å². The van der Waals surface area contributed by atoms with Crippen LogP contribution in [0.15, 0.2) is 60.7 Å². The zero-order valence-electron chi connectivity index (χ0n) is 12.7. The van der Waals surface area contributed by atoms with Crippen molar-refractivity contribution in [1.82, 2.24) is 4.90 Å². The summed E-state index contributed by atoms with van der Waals surface area (Å²) in [6.45, 7) is 3.04. The summed E-state index contributed by atoms with van der Waals surface area (Å²) in [6.07, 6.45) is 0.735. The molecule has 1 aliphatic heterocycles. The predicted molar refractivity (Wildman–Crippen MR) is 85.9 cm³/mol. The van der Waals surface area contributed by atoms with Crippen LogP contribution >= 0.6 is 0 Å². The van der Waals surface area contributed by atoms with Crippen LogP contribution in [-0.2, 0) is 5.60 Å². The van der Waals surface area contributed by atoms with E-state index in [0.717, 1.165) is 18.5 Å². The van der Waals surface area contributed by atoms with Crippen molar-refractivity contribution in [2.75, 3.05) is 13.6 Å². The van der Waals surface area contributed by atoms with Crippen LogP contribution in [-0.4, -0.2) is 23.6 Å². The molecule has 0 aromatic heterocycles. The molecule has 2 heteroatoms. The summed E-state index contributed by atoms with van der Waals surface area (Å²) in [7, 11) is 2.15. The second-order valence-corrected chi connectivity index (χ2v) is 6.26. The maximum Gasteiger partial charge on any atom is 0.0952 e.